The van der Waals surface area contributed by atoms with E-state index in [2.05, 4.69) is 16.8 Å². The molecule has 0 unspecified atom stereocenters. The van der Waals surface area contributed by atoms with Crippen molar-refractivity contribution in [3.63, 3.8) is 0 Å². The largest absolute Gasteiger partial charge is 0.378 e. The molecular weight excluding hydrogens is 295 g/mol. The first-order valence-corrected chi connectivity index (χ1v) is 8.20. The van der Waals surface area contributed by atoms with Gasteiger partial charge in [0, 0.05) is 24.6 Å². The maximum Gasteiger partial charge on any atom is 0.129 e. The van der Waals surface area contributed by atoms with E-state index in [0.29, 0.717) is 12.1 Å². The summed E-state index contributed by atoms with van der Waals surface area (Å²) < 4.78 is 25.3. The summed E-state index contributed by atoms with van der Waals surface area (Å²) in [5.41, 5.74) is 0.449. The fourth-order valence-electron chi connectivity index (χ4n) is 3.70. The van der Waals surface area contributed by atoms with Crippen molar-refractivity contribution < 1.29 is 13.9 Å². The first-order chi connectivity index (χ1) is 11.1. The van der Waals surface area contributed by atoms with Crippen LogP contribution in [0.1, 0.15) is 19.8 Å². The molecule has 0 N–H and O–H groups in total. The highest BCUT2D eigenvalue weighted by atomic mass is 19.1. The Labute approximate surface area is 135 Å². The van der Waals surface area contributed by atoms with E-state index in [1.165, 1.54) is 12.1 Å². The van der Waals surface area contributed by atoms with Crippen LogP contribution >= 0.6 is 0 Å². The van der Waals surface area contributed by atoms with Crippen molar-refractivity contribution in [1.29, 1.82) is 0 Å². The number of benzene rings is 1. The molecule has 122 valence electrons. The second-order valence-electron chi connectivity index (χ2n) is 6.65. The van der Waals surface area contributed by atoms with Gasteiger partial charge in [0.25, 0.3) is 0 Å². The minimum absolute atomic E-state index is 0.121. The average molecular weight is 316 g/mol. The van der Waals surface area contributed by atoms with E-state index in [1.807, 2.05) is 12.1 Å². The zero-order chi connectivity index (χ0) is 15.9. The standard InChI is InChI=1S/C18H21FN2O2/c1-13-10-21(11-18(23-13)7-2-8-22-12-18)17-6-4-14-3-5-15(19)9-16(14)20-17/h3-6,9,13H,2,7-8,10-12H2,1H3/t13-,18-/m1/s1. The van der Waals surface area contributed by atoms with E-state index >= 15 is 0 Å². The number of halogens is 1. The molecule has 2 aliphatic heterocycles. The van der Waals surface area contributed by atoms with Crippen molar-refractivity contribution in [1.82, 2.24) is 4.98 Å². The summed E-state index contributed by atoms with van der Waals surface area (Å²) in [7, 11) is 0. The van der Waals surface area contributed by atoms with Crippen LogP contribution in [0.15, 0.2) is 30.3 Å². The minimum atomic E-state index is -0.255. The predicted octanol–water partition coefficient (Wildman–Crippen LogP) is 3.15. The number of hydrogen-bond donors (Lipinski definition) is 0. The minimum Gasteiger partial charge on any atom is -0.378 e. The number of rotatable bonds is 1. The molecule has 0 bridgehead atoms. The molecular formula is C18H21FN2O2. The van der Waals surface area contributed by atoms with Gasteiger partial charge in [-0.3, -0.25) is 0 Å². The summed E-state index contributed by atoms with van der Waals surface area (Å²) in [5.74, 6) is 0.623. The molecule has 4 nitrogen and oxygen atoms in total. The maximum absolute atomic E-state index is 13.5. The molecule has 2 atom stereocenters. The van der Waals surface area contributed by atoms with Gasteiger partial charge in [-0.25, -0.2) is 9.37 Å². The summed E-state index contributed by atoms with van der Waals surface area (Å²) in [6.07, 6.45) is 2.16. The van der Waals surface area contributed by atoms with Gasteiger partial charge >= 0.3 is 0 Å². The second-order valence-corrected chi connectivity index (χ2v) is 6.65. The van der Waals surface area contributed by atoms with Gasteiger partial charge in [0.1, 0.15) is 17.2 Å². The zero-order valence-electron chi connectivity index (χ0n) is 13.3. The van der Waals surface area contributed by atoms with E-state index in [1.54, 1.807) is 6.07 Å². The van der Waals surface area contributed by atoms with Crippen molar-refractivity contribution in [2.75, 3.05) is 31.2 Å². The summed E-state index contributed by atoms with van der Waals surface area (Å²) in [6.45, 7) is 5.09. The number of morpholine rings is 1. The van der Waals surface area contributed by atoms with Crippen LogP contribution in [0.5, 0.6) is 0 Å². The molecule has 0 saturated carbocycles. The molecule has 2 aliphatic rings. The first-order valence-electron chi connectivity index (χ1n) is 8.20. The molecule has 23 heavy (non-hydrogen) atoms. The lowest BCUT2D eigenvalue weighted by molar-refractivity contribution is -0.160. The molecule has 1 spiro atoms. The number of ether oxygens (including phenoxy) is 2. The van der Waals surface area contributed by atoms with Crippen LogP contribution in [-0.4, -0.2) is 43.0 Å². The third kappa shape index (κ3) is 2.91. The summed E-state index contributed by atoms with van der Waals surface area (Å²) >= 11 is 0. The van der Waals surface area contributed by atoms with Gasteiger partial charge in [-0.1, -0.05) is 0 Å². The van der Waals surface area contributed by atoms with Crippen molar-refractivity contribution in [3.8, 4) is 0 Å². The smallest absolute Gasteiger partial charge is 0.129 e. The molecule has 1 aromatic carbocycles. The lowest BCUT2D eigenvalue weighted by Gasteiger charge is -2.47. The average Bonchev–Trinajstić information content (AvgIpc) is 2.54. The molecule has 0 radical (unpaired) electrons. The third-order valence-corrected chi connectivity index (χ3v) is 4.66. The number of hydrogen-bond acceptors (Lipinski definition) is 4. The monoisotopic (exact) mass is 316 g/mol. The number of pyridine rings is 1. The Morgan fingerprint density at radius 3 is 3.00 bits per heavy atom. The normalized spacial score (nSPS) is 28.4. The molecule has 2 fully saturated rings. The van der Waals surface area contributed by atoms with Crippen LogP contribution in [0.25, 0.3) is 10.9 Å². The van der Waals surface area contributed by atoms with Crippen LogP contribution < -0.4 is 4.90 Å². The molecule has 0 amide bonds. The van der Waals surface area contributed by atoms with Crippen molar-refractivity contribution in [2.24, 2.45) is 0 Å². The molecule has 5 heteroatoms. The Morgan fingerprint density at radius 1 is 1.30 bits per heavy atom. The highest BCUT2D eigenvalue weighted by Crippen LogP contribution is 2.32. The Kier molecular flexibility index (Phi) is 3.70. The molecule has 1 aromatic heterocycles. The van der Waals surface area contributed by atoms with Crippen LogP contribution in [0.2, 0.25) is 0 Å². The van der Waals surface area contributed by atoms with Gasteiger partial charge in [0.05, 0.1) is 24.8 Å². The summed E-state index contributed by atoms with van der Waals surface area (Å²) in [4.78, 5) is 6.90. The highest BCUT2D eigenvalue weighted by molar-refractivity contribution is 5.80. The molecule has 4 rings (SSSR count). The summed E-state index contributed by atoms with van der Waals surface area (Å²) in [5, 5.41) is 0.951. The quantitative estimate of drug-likeness (QED) is 0.809. The fourth-order valence-corrected chi connectivity index (χ4v) is 3.70. The van der Waals surface area contributed by atoms with Crippen LogP contribution in [0.3, 0.4) is 0 Å². The predicted molar refractivity (Wildman–Crippen MR) is 87.2 cm³/mol. The van der Waals surface area contributed by atoms with Crippen molar-refractivity contribution in [3.05, 3.63) is 36.1 Å². The van der Waals surface area contributed by atoms with E-state index in [0.717, 1.165) is 43.7 Å². The molecule has 2 aromatic rings. The number of aromatic nitrogens is 1. The zero-order valence-corrected chi connectivity index (χ0v) is 13.3. The van der Waals surface area contributed by atoms with Crippen molar-refractivity contribution in [2.45, 2.75) is 31.5 Å². The van der Waals surface area contributed by atoms with Crippen molar-refractivity contribution >= 4 is 16.7 Å². The van der Waals surface area contributed by atoms with E-state index in [9.17, 15) is 4.39 Å². The number of nitrogens with zero attached hydrogens (tertiary/aromatic N) is 2. The van der Waals surface area contributed by atoms with Crippen LogP contribution in [-0.2, 0) is 9.47 Å². The van der Waals surface area contributed by atoms with E-state index in [4.69, 9.17) is 9.47 Å². The van der Waals surface area contributed by atoms with E-state index < -0.39 is 0 Å². The van der Waals surface area contributed by atoms with Gasteiger partial charge in [0.15, 0.2) is 0 Å². The van der Waals surface area contributed by atoms with Gasteiger partial charge in [-0.2, -0.15) is 0 Å². The van der Waals surface area contributed by atoms with Gasteiger partial charge in [-0.05, 0) is 44.0 Å². The topological polar surface area (TPSA) is 34.6 Å². The molecule has 3 heterocycles. The molecule has 2 saturated heterocycles. The van der Waals surface area contributed by atoms with Gasteiger partial charge in [0.2, 0.25) is 0 Å². The number of fused-ring (bicyclic) bond motifs is 1. The Hall–Kier alpha value is -1.72. The lowest BCUT2D eigenvalue weighted by atomic mass is 9.93. The lowest BCUT2D eigenvalue weighted by Crippen LogP contribution is -2.58. The Bertz CT molecular complexity index is 715. The SMILES string of the molecule is C[C@@H]1CN(c2ccc3ccc(F)cc3n2)C[C@@]2(CCCOC2)O1. The van der Waals surface area contributed by atoms with Gasteiger partial charge < -0.3 is 14.4 Å². The van der Waals surface area contributed by atoms with Crippen LogP contribution in [0, 0.1) is 5.82 Å². The Morgan fingerprint density at radius 2 is 2.17 bits per heavy atom. The molecule has 0 aliphatic carbocycles. The maximum atomic E-state index is 13.5. The fraction of sp³-hybridized carbons (Fsp3) is 0.500. The van der Waals surface area contributed by atoms with Crippen LogP contribution in [0.4, 0.5) is 10.2 Å². The first kappa shape index (κ1) is 14.8. The highest BCUT2D eigenvalue weighted by Gasteiger charge is 2.41. The Balaban J connectivity index is 1.65. The second kappa shape index (κ2) is 5.73. The number of anilines is 1. The van der Waals surface area contributed by atoms with Gasteiger partial charge in [-0.15, -0.1) is 0 Å². The van der Waals surface area contributed by atoms with E-state index in [-0.39, 0.29) is 17.5 Å². The summed E-state index contributed by atoms with van der Waals surface area (Å²) in [6, 6.07) is 8.73. The third-order valence-electron chi connectivity index (χ3n) is 4.66.